The Morgan fingerprint density at radius 2 is 1.44 bits per heavy atom. The van der Waals surface area contributed by atoms with Gasteiger partial charge in [-0.3, -0.25) is 0 Å². The van der Waals surface area contributed by atoms with Crippen molar-refractivity contribution in [3.8, 4) is 0 Å². The van der Waals surface area contributed by atoms with Crippen LogP contribution in [0.5, 0.6) is 0 Å². The second kappa shape index (κ2) is 14.9. The van der Waals surface area contributed by atoms with E-state index in [1.54, 1.807) is 7.11 Å². The summed E-state index contributed by atoms with van der Waals surface area (Å²) in [5.41, 5.74) is 0. The van der Waals surface area contributed by atoms with E-state index in [9.17, 15) is 0 Å². The highest BCUT2D eigenvalue weighted by molar-refractivity contribution is 4.54. The smallest absolute Gasteiger partial charge is 0.0701 e. The van der Waals surface area contributed by atoms with Crippen molar-refractivity contribution >= 4 is 0 Å². The summed E-state index contributed by atoms with van der Waals surface area (Å²) in [5.74, 6) is 0.544. The van der Waals surface area contributed by atoms with Gasteiger partial charge in [-0.2, -0.15) is 0 Å². The first-order valence-electron chi connectivity index (χ1n) is 6.74. The Morgan fingerprint density at radius 1 is 0.889 bits per heavy atom. The number of rotatable bonds is 14. The first-order valence-corrected chi connectivity index (χ1v) is 6.74. The standard InChI is InChI=1S/C13H29NO4/c1-4-14-11-13(2)12-18-10-9-17-8-7-16-6-5-15-3/h13-14H,4-12H2,1-3H3. The Hall–Kier alpha value is -0.200. The number of methoxy groups -OCH3 is 1. The number of hydrogen-bond donors (Lipinski definition) is 1. The van der Waals surface area contributed by atoms with E-state index in [4.69, 9.17) is 18.9 Å². The third kappa shape index (κ3) is 13.9. The molecule has 0 bridgehead atoms. The average molecular weight is 263 g/mol. The monoisotopic (exact) mass is 263 g/mol. The zero-order valence-corrected chi connectivity index (χ0v) is 12.1. The van der Waals surface area contributed by atoms with Crippen LogP contribution in [0.4, 0.5) is 0 Å². The first kappa shape index (κ1) is 17.8. The van der Waals surface area contributed by atoms with Gasteiger partial charge in [0.1, 0.15) is 0 Å². The highest BCUT2D eigenvalue weighted by atomic mass is 16.6. The fraction of sp³-hybridized carbons (Fsp3) is 1.00. The second-order valence-corrected chi connectivity index (χ2v) is 4.21. The van der Waals surface area contributed by atoms with Crippen molar-refractivity contribution in [3.63, 3.8) is 0 Å². The Bertz CT molecular complexity index is 158. The number of nitrogens with one attached hydrogen (secondary N) is 1. The van der Waals surface area contributed by atoms with Crippen molar-refractivity contribution in [2.45, 2.75) is 13.8 Å². The lowest BCUT2D eigenvalue weighted by Crippen LogP contribution is -2.24. The Labute approximate surface area is 111 Å². The summed E-state index contributed by atoms with van der Waals surface area (Å²) in [7, 11) is 1.66. The Morgan fingerprint density at radius 3 is 2.00 bits per heavy atom. The van der Waals surface area contributed by atoms with Gasteiger partial charge in [0.05, 0.1) is 46.2 Å². The predicted molar refractivity (Wildman–Crippen MR) is 72.0 cm³/mol. The summed E-state index contributed by atoms with van der Waals surface area (Å²) >= 11 is 0. The van der Waals surface area contributed by atoms with E-state index < -0.39 is 0 Å². The average Bonchev–Trinajstić information content (AvgIpc) is 2.38. The highest BCUT2D eigenvalue weighted by Crippen LogP contribution is 1.93. The number of ether oxygens (including phenoxy) is 4. The molecule has 0 aromatic heterocycles. The van der Waals surface area contributed by atoms with Crippen LogP contribution < -0.4 is 5.32 Å². The van der Waals surface area contributed by atoms with Crippen LogP contribution in [0.15, 0.2) is 0 Å². The summed E-state index contributed by atoms with van der Waals surface area (Å²) in [6.07, 6.45) is 0. The molecule has 1 unspecified atom stereocenters. The van der Waals surface area contributed by atoms with E-state index in [2.05, 4.69) is 19.2 Å². The van der Waals surface area contributed by atoms with Gasteiger partial charge in [0.2, 0.25) is 0 Å². The molecule has 18 heavy (non-hydrogen) atoms. The second-order valence-electron chi connectivity index (χ2n) is 4.21. The molecule has 0 aliphatic rings. The van der Waals surface area contributed by atoms with Crippen LogP contribution in [-0.2, 0) is 18.9 Å². The largest absolute Gasteiger partial charge is 0.382 e. The zero-order chi connectivity index (χ0) is 13.5. The molecule has 0 saturated heterocycles. The molecule has 0 spiro atoms. The van der Waals surface area contributed by atoms with Crippen molar-refractivity contribution in [2.24, 2.45) is 5.92 Å². The van der Waals surface area contributed by atoms with Crippen LogP contribution in [0.2, 0.25) is 0 Å². The molecule has 0 aromatic rings. The van der Waals surface area contributed by atoms with E-state index in [1.165, 1.54) is 0 Å². The molecule has 0 rings (SSSR count). The maximum Gasteiger partial charge on any atom is 0.0701 e. The van der Waals surface area contributed by atoms with Crippen molar-refractivity contribution in [3.05, 3.63) is 0 Å². The predicted octanol–water partition coefficient (Wildman–Crippen LogP) is 0.928. The van der Waals surface area contributed by atoms with Gasteiger partial charge in [-0.05, 0) is 19.0 Å². The van der Waals surface area contributed by atoms with Gasteiger partial charge in [-0.25, -0.2) is 0 Å². The molecule has 0 saturated carbocycles. The lowest BCUT2D eigenvalue weighted by atomic mass is 10.2. The fourth-order valence-corrected chi connectivity index (χ4v) is 1.32. The Kier molecular flexibility index (Phi) is 14.7. The molecular formula is C13H29NO4. The first-order chi connectivity index (χ1) is 8.81. The Balaban J connectivity index is 3.02. The van der Waals surface area contributed by atoms with E-state index in [0.717, 1.165) is 19.7 Å². The molecular weight excluding hydrogens is 234 g/mol. The van der Waals surface area contributed by atoms with E-state index in [0.29, 0.717) is 45.6 Å². The molecule has 5 heteroatoms. The van der Waals surface area contributed by atoms with Crippen LogP contribution in [-0.4, -0.2) is 66.4 Å². The maximum absolute atomic E-state index is 5.51. The van der Waals surface area contributed by atoms with Crippen LogP contribution in [0, 0.1) is 5.92 Å². The van der Waals surface area contributed by atoms with Crippen molar-refractivity contribution in [1.29, 1.82) is 0 Å². The van der Waals surface area contributed by atoms with Gasteiger partial charge in [0.25, 0.3) is 0 Å². The third-order valence-electron chi connectivity index (χ3n) is 2.32. The van der Waals surface area contributed by atoms with Crippen LogP contribution in [0.1, 0.15) is 13.8 Å². The number of hydrogen-bond acceptors (Lipinski definition) is 5. The summed E-state index contributed by atoms with van der Waals surface area (Å²) in [6, 6.07) is 0. The van der Waals surface area contributed by atoms with Gasteiger partial charge in [-0.15, -0.1) is 0 Å². The molecule has 5 nitrogen and oxygen atoms in total. The molecule has 0 fully saturated rings. The van der Waals surface area contributed by atoms with Gasteiger partial charge in [0.15, 0.2) is 0 Å². The minimum Gasteiger partial charge on any atom is -0.382 e. The van der Waals surface area contributed by atoms with Gasteiger partial charge in [0, 0.05) is 7.11 Å². The molecule has 0 aromatic carbocycles. The normalized spacial score (nSPS) is 12.8. The van der Waals surface area contributed by atoms with E-state index in [-0.39, 0.29) is 0 Å². The van der Waals surface area contributed by atoms with Crippen LogP contribution >= 0.6 is 0 Å². The summed E-state index contributed by atoms with van der Waals surface area (Å²) in [5, 5.41) is 3.30. The molecule has 0 heterocycles. The molecule has 0 aliphatic carbocycles. The minimum absolute atomic E-state index is 0.544. The fourth-order valence-electron chi connectivity index (χ4n) is 1.32. The lowest BCUT2D eigenvalue weighted by molar-refractivity contribution is -0.000498. The summed E-state index contributed by atoms with van der Waals surface area (Å²) in [6.45, 7) is 10.8. The van der Waals surface area contributed by atoms with Crippen molar-refractivity contribution in [1.82, 2.24) is 5.32 Å². The molecule has 1 atom stereocenters. The van der Waals surface area contributed by atoms with Gasteiger partial charge in [-0.1, -0.05) is 13.8 Å². The molecule has 0 aliphatic heterocycles. The maximum atomic E-state index is 5.51. The zero-order valence-electron chi connectivity index (χ0n) is 12.1. The van der Waals surface area contributed by atoms with E-state index >= 15 is 0 Å². The third-order valence-corrected chi connectivity index (χ3v) is 2.32. The van der Waals surface area contributed by atoms with E-state index in [1.807, 2.05) is 0 Å². The van der Waals surface area contributed by atoms with Crippen LogP contribution in [0.25, 0.3) is 0 Å². The highest BCUT2D eigenvalue weighted by Gasteiger charge is 2.00. The summed E-state index contributed by atoms with van der Waals surface area (Å²) < 4.78 is 21.0. The van der Waals surface area contributed by atoms with Gasteiger partial charge >= 0.3 is 0 Å². The summed E-state index contributed by atoms with van der Waals surface area (Å²) in [4.78, 5) is 0. The van der Waals surface area contributed by atoms with Crippen LogP contribution in [0.3, 0.4) is 0 Å². The molecule has 110 valence electrons. The molecule has 0 radical (unpaired) electrons. The minimum atomic E-state index is 0.544. The molecule has 0 amide bonds. The van der Waals surface area contributed by atoms with Crippen molar-refractivity contribution < 1.29 is 18.9 Å². The lowest BCUT2D eigenvalue weighted by Gasteiger charge is -2.12. The topological polar surface area (TPSA) is 49.0 Å². The van der Waals surface area contributed by atoms with Crippen molar-refractivity contribution in [2.75, 3.05) is 66.4 Å². The quantitative estimate of drug-likeness (QED) is 0.472. The molecule has 1 N–H and O–H groups in total. The SMILES string of the molecule is CCNCC(C)COCCOCCOCCOC. The van der Waals surface area contributed by atoms with Gasteiger partial charge < -0.3 is 24.3 Å².